The lowest BCUT2D eigenvalue weighted by Crippen LogP contribution is -2.06. The molecule has 0 unspecified atom stereocenters. The van der Waals surface area contributed by atoms with Crippen LogP contribution < -0.4 is 0 Å². The average molecular weight is 276 g/mol. The average Bonchev–Trinajstić information content (AvgIpc) is 3.17. The molecule has 19 heavy (non-hydrogen) atoms. The summed E-state index contributed by atoms with van der Waals surface area (Å²) in [5.74, 6) is 2.46. The monoisotopic (exact) mass is 275 g/mol. The fraction of sp³-hybridized carbons (Fsp3) is 0.467. The highest BCUT2D eigenvalue weighted by molar-refractivity contribution is 6.16. The SMILES string of the molecule is Cc1cccc(CCc2nnc(CCl)n2C2CC2)c1. The molecule has 0 atom stereocenters. The van der Waals surface area contributed by atoms with E-state index in [1.807, 2.05) is 0 Å². The molecule has 1 heterocycles. The number of rotatable bonds is 5. The number of halogens is 1. The van der Waals surface area contributed by atoms with Gasteiger partial charge in [-0.1, -0.05) is 29.8 Å². The van der Waals surface area contributed by atoms with Gasteiger partial charge in [0.25, 0.3) is 0 Å². The van der Waals surface area contributed by atoms with E-state index in [0.29, 0.717) is 11.9 Å². The van der Waals surface area contributed by atoms with Crippen molar-refractivity contribution in [2.75, 3.05) is 0 Å². The summed E-state index contributed by atoms with van der Waals surface area (Å²) >= 11 is 5.93. The maximum absolute atomic E-state index is 5.93. The molecule has 0 spiro atoms. The largest absolute Gasteiger partial charge is 0.311 e. The van der Waals surface area contributed by atoms with Crippen molar-refractivity contribution in [1.82, 2.24) is 14.8 Å². The van der Waals surface area contributed by atoms with Gasteiger partial charge in [0, 0.05) is 12.5 Å². The van der Waals surface area contributed by atoms with Crippen molar-refractivity contribution >= 4 is 11.6 Å². The summed E-state index contributed by atoms with van der Waals surface area (Å²) in [7, 11) is 0. The minimum atomic E-state index is 0.452. The van der Waals surface area contributed by atoms with Crippen molar-refractivity contribution in [3.8, 4) is 0 Å². The van der Waals surface area contributed by atoms with Crippen molar-refractivity contribution in [2.45, 2.75) is 44.5 Å². The van der Waals surface area contributed by atoms with Gasteiger partial charge < -0.3 is 4.57 Å². The summed E-state index contributed by atoms with van der Waals surface area (Å²) in [5.41, 5.74) is 2.67. The highest BCUT2D eigenvalue weighted by atomic mass is 35.5. The van der Waals surface area contributed by atoms with Crippen LogP contribution in [0.25, 0.3) is 0 Å². The molecule has 3 rings (SSSR count). The molecule has 2 aromatic rings. The Labute approximate surface area is 118 Å². The number of nitrogens with zero attached hydrogens (tertiary/aromatic N) is 3. The molecule has 100 valence electrons. The molecule has 0 N–H and O–H groups in total. The van der Waals surface area contributed by atoms with Crippen molar-refractivity contribution < 1.29 is 0 Å². The van der Waals surface area contributed by atoms with Gasteiger partial charge in [0.05, 0.1) is 5.88 Å². The molecule has 1 aliphatic rings. The molecule has 1 aromatic heterocycles. The first-order chi connectivity index (χ1) is 9.28. The van der Waals surface area contributed by atoms with Crippen LogP contribution in [0.4, 0.5) is 0 Å². The van der Waals surface area contributed by atoms with Crippen LogP contribution in [0, 0.1) is 6.92 Å². The molecule has 1 aromatic carbocycles. The predicted molar refractivity (Wildman–Crippen MR) is 76.4 cm³/mol. The number of aromatic nitrogens is 3. The van der Waals surface area contributed by atoms with Gasteiger partial charge in [-0.3, -0.25) is 0 Å². The van der Waals surface area contributed by atoms with Gasteiger partial charge in [-0.15, -0.1) is 21.8 Å². The normalized spacial score (nSPS) is 14.8. The molecule has 1 saturated carbocycles. The van der Waals surface area contributed by atoms with Crippen LogP contribution in [-0.4, -0.2) is 14.8 Å². The summed E-state index contributed by atoms with van der Waals surface area (Å²) in [6, 6.07) is 9.24. The molecule has 1 fully saturated rings. The zero-order chi connectivity index (χ0) is 13.2. The topological polar surface area (TPSA) is 30.7 Å². The van der Waals surface area contributed by atoms with Crippen LogP contribution >= 0.6 is 11.6 Å². The lowest BCUT2D eigenvalue weighted by atomic mass is 10.1. The minimum absolute atomic E-state index is 0.452. The first-order valence-corrected chi connectivity index (χ1v) is 7.35. The quantitative estimate of drug-likeness (QED) is 0.783. The Morgan fingerprint density at radius 2 is 2.00 bits per heavy atom. The molecule has 0 amide bonds. The number of hydrogen-bond acceptors (Lipinski definition) is 2. The van der Waals surface area contributed by atoms with E-state index in [4.69, 9.17) is 11.6 Å². The number of alkyl halides is 1. The highest BCUT2D eigenvalue weighted by Gasteiger charge is 2.28. The van der Waals surface area contributed by atoms with Gasteiger partial charge in [-0.2, -0.15) is 0 Å². The Hall–Kier alpha value is -1.35. The molecule has 0 radical (unpaired) electrons. The smallest absolute Gasteiger partial charge is 0.148 e. The van der Waals surface area contributed by atoms with Crippen LogP contribution in [0.3, 0.4) is 0 Å². The zero-order valence-corrected chi connectivity index (χ0v) is 11.9. The first kappa shape index (κ1) is 12.7. The van der Waals surface area contributed by atoms with Gasteiger partial charge in [0.1, 0.15) is 11.6 Å². The van der Waals surface area contributed by atoms with Gasteiger partial charge in [0.15, 0.2) is 0 Å². The van der Waals surface area contributed by atoms with Crippen molar-refractivity contribution in [1.29, 1.82) is 0 Å². The first-order valence-electron chi connectivity index (χ1n) is 6.82. The van der Waals surface area contributed by atoms with E-state index in [-0.39, 0.29) is 0 Å². The summed E-state index contributed by atoms with van der Waals surface area (Å²) in [4.78, 5) is 0. The van der Waals surface area contributed by atoms with E-state index in [9.17, 15) is 0 Å². The van der Waals surface area contributed by atoms with Crippen LogP contribution in [0.1, 0.15) is 41.7 Å². The lowest BCUT2D eigenvalue weighted by molar-refractivity contribution is 0.653. The third-order valence-electron chi connectivity index (χ3n) is 3.59. The van der Waals surface area contributed by atoms with Gasteiger partial charge in [-0.05, 0) is 31.7 Å². The lowest BCUT2D eigenvalue weighted by Gasteiger charge is -2.07. The second kappa shape index (κ2) is 5.33. The van der Waals surface area contributed by atoms with E-state index >= 15 is 0 Å². The molecule has 3 nitrogen and oxygen atoms in total. The van der Waals surface area contributed by atoms with Gasteiger partial charge >= 0.3 is 0 Å². The Kier molecular flexibility index (Phi) is 3.56. The Morgan fingerprint density at radius 1 is 1.21 bits per heavy atom. The molecular formula is C15H18ClN3. The third-order valence-corrected chi connectivity index (χ3v) is 3.83. The fourth-order valence-corrected chi connectivity index (χ4v) is 2.68. The summed E-state index contributed by atoms with van der Waals surface area (Å²) in [6.45, 7) is 2.13. The van der Waals surface area contributed by atoms with Crippen molar-refractivity contribution in [3.05, 3.63) is 47.0 Å². The van der Waals surface area contributed by atoms with E-state index in [1.54, 1.807) is 0 Å². The standard InChI is InChI=1S/C15H18ClN3/c1-11-3-2-4-12(9-11)5-8-14-17-18-15(10-16)19(14)13-6-7-13/h2-4,9,13H,5-8,10H2,1H3. The number of aryl methyl sites for hydroxylation is 3. The fourth-order valence-electron chi connectivity index (χ4n) is 2.50. The van der Waals surface area contributed by atoms with Crippen LogP contribution in [0.15, 0.2) is 24.3 Å². The molecule has 0 bridgehead atoms. The second-order valence-electron chi connectivity index (χ2n) is 5.26. The molecule has 0 aliphatic heterocycles. The number of benzene rings is 1. The summed E-state index contributed by atoms with van der Waals surface area (Å²) in [5, 5.41) is 8.52. The Balaban J connectivity index is 1.75. The summed E-state index contributed by atoms with van der Waals surface area (Å²) in [6.07, 6.45) is 4.41. The Morgan fingerprint density at radius 3 is 2.68 bits per heavy atom. The number of hydrogen-bond donors (Lipinski definition) is 0. The maximum atomic E-state index is 5.93. The van der Waals surface area contributed by atoms with E-state index in [1.165, 1.54) is 24.0 Å². The third kappa shape index (κ3) is 2.81. The van der Waals surface area contributed by atoms with Crippen LogP contribution in [0.5, 0.6) is 0 Å². The van der Waals surface area contributed by atoms with Gasteiger partial charge in [0.2, 0.25) is 0 Å². The van der Waals surface area contributed by atoms with Crippen LogP contribution in [0.2, 0.25) is 0 Å². The zero-order valence-electron chi connectivity index (χ0n) is 11.1. The summed E-state index contributed by atoms with van der Waals surface area (Å²) < 4.78 is 2.25. The van der Waals surface area contributed by atoms with E-state index < -0.39 is 0 Å². The minimum Gasteiger partial charge on any atom is -0.311 e. The molecule has 0 saturated heterocycles. The second-order valence-corrected chi connectivity index (χ2v) is 5.52. The van der Waals surface area contributed by atoms with E-state index in [0.717, 1.165) is 24.5 Å². The van der Waals surface area contributed by atoms with Gasteiger partial charge in [-0.25, -0.2) is 0 Å². The molecular weight excluding hydrogens is 258 g/mol. The maximum Gasteiger partial charge on any atom is 0.148 e. The van der Waals surface area contributed by atoms with Crippen LogP contribution in [-0.2, 0) is 18.7 Å². The van der Waals surface area contributed by atoms with E-state index in [2.05, 4.69) is 46.0 Å². The molecule has 4 heteroatoms. The van der Waals surface area contributed by atoms with Crippen molar-refractivity contribution in [2.24, 2.45) is 0 Å². The Bertz CT molecular complexity index is 573. The highest BCUT2D eigenvalue weighted by Crippen LogP contribution is 2.37. The van der Waals surface area contributed by atoms with Crippen molar-refractivity contribution in [3.63, 3.8) is 0 Å². The predicted octanol–water partition coefficient (Wildman–Crippen LogP) is 3.45. The molecule has 1 aliphatic carbocycles.